The predicted molar refractivity (Wildman–Crippen MR) is 46.7 cm³/mol. The fourth-order valence-electron chi connectivity index (χ4n) is 0.418. The normalized spacial score (nSPS) is 8.46. The van der Waals surface area contributed by atoms with E-state index in [0.29, 0.717) is 0 Å². The van der Waals surface area contributed by atoms with Gasteiger partial charge in [-0.15, -0.1) is 0 Å². The molecule has 0 saturated heterocycles. The maximum absolute atomic E-state index is 9.64. The first kappa shape index (κ1) is 14.4. The van der Waals surface area contributed by atoms with Crippen LogP contribution in [0.3, 0.4) is 0 Å². The van der Waals surface area contributed by atoms with Crippen LogP contribution in [0.5, 0.6) is 0 Å². The summed E-state index contributed by atoms with van der Waals surface area (Å²) in [6.07, 6.45) is -0.593. The molecule has 0 atom stereocenters. The van der Waals surface area contributed by atoms with E-state index < -0.39 is 11.9 Å². The summed E-state index contributed by atoms with van der Waals surface area (Å²) in [5.74, 6) is -2.15. The van der Waals surface area contributed by atoms with Crippen molar-refractivity contribution in [2.45, 2.75) is 26.7 Å². The SMILES string of the molecule is CCOCC.O=C(O)CCC(=O)O. The second-order valence-corrected chi connectivity index (χ2v) is 2.07. The monoisotopic (exact) mass is 192 g/mol. The Kier molecular flexibility index (Phi) is 12.1. The van der Waals surface area contributed by atoms with Gasteiger partial charge in [0.2, 0.25) is 0 Å². The molecule has 0 aliphatic rings. The lowest BCUT2D eigenvalue weighted by molar-refractivity contribution is -0.143. The second-order valence-electron chi connectivity index (χ2n) is 2.07. The maximum atomic E-state index is 9.64. The highest BCUT2D eigenvalue weighted by Gasteiger charge is 2.00. The fourth-order valence-corrected chi connectivity index (χ4v) is 0.418. The van der Waals surface area contributed by atoms with Gasteiger partial charge in [0, 0.05) is 13.2 Å². The van der Waals surface area contributed by atoms with Crippen molar-refractivity contribution < 1.29 is 24.5 Å². The first-order valence-electron chi connectivity index (χ1n) is 4.05. The summed E-state index contributed by atoms with van der Waals surface area (Å²) in [6.45, 7) is 5.67. The van der Waals surface area contributed by atoms with Crippen molar-refractivity contribution in [1.82, 2.24) is 0 Å². The topological polar surface area (TPSA) is 83.8 Å². The lowest BCUT2D eigenvalue weighted by Crippen LogP contribution is -2.00. The maximum Gasteiger partial charge on any atom is 0.303 e. The van der Waals surface area contributed by atoms with Gasteiger partial charge in [-0.1, -0.05) is 0 Å². The molecule has 0 spiro atoms. The highest BCUT2D eigenvalue weighted by atomic mass is 16.5. The molecule has 0 aromatic rings. The van der Waals surface area contributed by atoms with Gasteiger partial charge >= 0.3 is 11.9 Å². The van der Waals surface area contributed by atoms with Crippen LogP contribution in [0.25, 0.3) is 0 Å². The molecule has 0 amide bonds. The van der Waals surface area contributed by atoms with Crippen molar-refractivity contribution in [3.63, 3.8) is 0 Å². The van der Waals surface area contributed by atoms with Gasteiger partial charge in [-0.05, 0) is 13.8 Å². The van der Waals surface area contributed by atoms with Crippen LogP contribution in [0.1, 0.15) is 26.7 Å². The van der Waals surface area contributed by atoms with Crippen LogP contribution < -0.4 is 0 Å². The summed E-state index contributed by atoms with van der Waals surface area (Å²) < 4.78 is 4.83. The molecule has 5 heteroatoms. The van der Waals surface area contributed by atoms with Crippen molar-refractivity contribution in [2.75, 3.05) is 13.2 Å². The molecule has 0 aromatic heterocycles. The van der Waals surface area contributed by atoms with Crippen LogP contribution >= 0.6 is 0 Å². The highest BCUT2D eigenvalue weighted by molar-refractivity contribution is 5.75. The van der Waals surface area contributed by atoms with Crippen LogP contribution in [0.4, 0.5) is 0 Å². The molecule has 0 heterocycles. The fraction of sp³-hybridized carbons (Fsp3) is 0.750. The summed E-state index contributed by atoms with van der Waals surface area (Å²) >= 11 is 0. The lowest BCUT2D eigenvalue weighted by Gasteiger charge is -1.86. The molecule has 0 aromatic carbocycles. The zero-order valence-corrected chi connectivity index (χ0v) is 7.95. The minimum absolute atomic E-state index is 0.296. The van der Waals surface area contributed by atoms with E-state index in [2.05, 4.69) is 0 Å². The lowest BCUT2D eigenvalue weighted by atomic mass is 10.3. The van der Waals surface area contributed by atoms with Crippen LogP contribution in [-0.2, 0) is 14.3 Å². The standard InChI is InChI=1S/C4H6O4.C4H10O/c5-3(6)1-2-4(7)8;1-3-5-4-2/h1-2H2,(H,5,6)(H,7,8);3-4H2,1-2H3. The van der Waals surface area contributed by atoms with Gasteiger partial charge in [0.25, 0.3) is 0 Å². The van der Waals surface area contributed by atoms with E-state index in [-0.39, 0.29) is 12.8 Å². The zero-order valence-electron chi connectivity index (χ0n) is 7.95. The van der Waals surface area contributed by atoms with Crippen molar-refractivity contribution >= 4 is 11.9 Å². The van der Waals surface area contributed by atoms with E-state index in [4.69, 9.17) is 14.9 Å². The Hall–Kier alpha value is -1.10. The molecule has 0 unspecified atom stereocenters. The van der Waals surface area contributed by atoms with Gasteiger partial charge in [0.15, 0.2) is 0 Å². The first-order valence-corrected chi connectivity index (χ1v) is 4.05. The quantitative estimate of drug-likeness (QED) is 0.678. The third kappa shape index (κ3) is 24.8. The van der Waals surface area contributed by atoms with Crippen LogP contribution in [-0.4, -0.2) is 35.4 Å². The van der Waals surface area contributed by atoms with Gasteiger partial charge in [-0.2, -0.15) is 0 Å². The molecule has 78 valence electrons. The summed E-state index contributed by atoms with van der Waals surface area (Å²) in [7, 11) is 0. The summed E-state index contributed by atoms with van der Waals surface area (Å²) in [4.78, 5) is 19.3. The Labute approximate surface area is 77.3 Å². The summed E-state index contributed by atoms with van der Waals surface area (Å²) in [5.41, 5.74) is 0. The molecular weight excluding hydrogens is 176 g/mol. The van der Waals surface area contributed by atoms with E-state index in [1.54, 1.807) is 0 Å². The molecule has 13 heavy (non-hydrogen) atoms. The Morgan fingerprint density at radius 1 is 1.00 bits per heavy atom. The number of rotatable bonds is 5. The molecule has 0 saturated carbocycles. The molecule has 2 N–H and O–H groups in total. The molecule has 0 bridgehead atoms. The van der Waals surface area contributed by atoms with Crippen molar-refractivity contribution in [1.29, 1.82) is 0 Å². The number of carboxylic acids is 2. The van der Waals surface area contributed by atoms with E-state index in [1.165, 1.54) is 0 Å². The second kappa shape index (κ2) is 10.9. The third-order valence-corrected chi connectivity index (χ3v) is 0.961. The van der Waals surface area contributed by atoms with Gasteiger partial charge in [-0.25, -0.2) is 0 Å². The molecule has 0 aliphatic carbocycles. The number of ether oxygens (including phenoxy) is 1. The van der Waals surface area contributed by atoms with Crippen LogP contribution in [0, 0.1) is 0 Å². The molecule has 0 radical (unpaired) electrons. The Balaban J connectivity index is 0. The average molecular weight is 192 g/mol. The Bertz CT molecular complexity index is 127. The molecule has 0 aliphatic heterocycles. The number of hydrogen-bond acceptors (Lipinski definition) is 3. The van der Waals surface area contributed by atoms with Gasteiger partial charge in [0.1, 0.15) is 0 Å². The van der Waals surface area contributed by atoms with Crippen molar-refractivity contribution in [3.8, 4) is 0 Å². The van der Waals surface area contributed by atoms with Crippen molar-refractivity contribution in [3.05, 3.63) is 0 Å². The van der Waals surface area contributed by atoms with E-state index in [1.807, 2.05) is 13.8 Å². The number of carbonyl (C=O) groups is 2. The predicted octanol–water partition coefficient (Wildman–Crippen LogP) is 0.979. The molecular formula is C8H16O5. The Morgan fingerprint density at radius 3 is 1.38 bits per heavy atom. The minimum atomic E-state index is -1.08. The van der Waals surface area contributed by atoms with E-state index in [9.17, 15) is 9.59 Å². The van der Waals surface area contributed by atoms with Crippen LogP contribution in [0.15, 0.2) is 0 Å². The number of carboxylic acid groups (broad SMARTS) is 2. The minimum Gasteiger partial charge on any atom is -0.481 e. The van der Waals surface area contributed by atoms with E-state index >= 15 is 0 Å². The van der Waals surface area contributed by atoms with Crippen molar-refractivity contribution in [2.24, 2.45) is 0 Å². The number of aliphatic carboxylic acids is 2. The average Bonchev–Trinajstić information content (AvgIpc) is 2.03. The summed E-state index contributed by atoms with van der Waals surface area (Å²) in [6, 6.07) is 0. The smallest absolute Gasteiger partial charge is 0.303 e. The third-order valence-electron chi connectivity index (χ3n) is 0.961. The highest BCUT2D eigenvalue weighted by Crippen LogP contribution is 1.86. The molecule has 5 nitrogen and oxygen atoms in total. The first-order chi connectivity index (χ1) is 6.04. The number of hydrogen-bond donors (Lipinski definition) is 2. The molecule has 0 rings (SSSR count). The largest absolute Gasteiger partial charge is 0.481 e. The zero-order chi connectivity index (χ0) is 10.7. The summed E-state index contributed by atoms with van der Waals surface area (Å²) in [5, 5.41) is 15.8. The molecule has 0 fully saturated rings. The van der Waals surface area contributed by atoms with Gasteiger partial charge < -0.3 is 14.9 Å². The Morgan fingerprint density at radius 2 is 1.31 bits per heavy atom. The van der Waals surface area contributed by atoms with E-state index in [0.717, 1.165) is 13.2 Å². The van der Waals surface area contributed by atoms with Gasteiger partial charge in [-0.3, -0.25) is 9.59 Å². The van der Waals surface area contributed by atoms with Crippen LogP contribution in [0.2, 0.25) is 0 Å². The van der Waals surface area contributed by atoms with Gasteiger partial charge in [0.05, 0.1) is 12.8 Å².